The smallest absolute Gasteiger partial charge is 0.257 e. The topological polar surface area (TPSA) is 84.1 Å². The number of benzene rings is 2. The van der Waals surface area contributed by atoms with Gasteiger partial charge < -0.3 is 15.0 Å². The van der Waals surface area contributed by atoms with Gasteiger partial charge >= 0.3 is 0 Å². The Hall–Kier alpha value is -3.35. The maximum absolute atomic E-state index is 13.2. The first-order chi connectivity index (χ1) is 15.5. The van der Waals surface area contributed by atoms with Crippen LogP contribution in [-0.2, 0) is 0 Å². The molecule has 32 heavy (non-hydrogen) atoms. The van der Waals surface area contributed by atoms with Gasteiger partial charge in [0, 0.05) is 41.7 Å². The van der Waals surface area contributed by atoms with Crippen molar-refractivity contribution in [2.75, 3.05) is 6.61 Å². The number of amides is 1. The molecule has 6 nitrogen and oxygen atoms in total. The van der Waals surface area contributed by atoms with Gasteiger partial charge in [-0.1, -0.05) is 53.5 Å². The summed E-state index contributed by atoms with van der Waals surface area (Å²) in [5, 5.41) is 4.02. The van der Waals surface area contributed by atoms with Crippen LogP contribution in [0.3, 0.4) is 0 Å². The SMILES string of the molecule is O=C(N[C@H]1CCOc2ccccc21)c1c[nH]c2c(-c3cccc(Cl)c3Cl)cncc2c1=O. The Morgan fingerprint density at radius 1 is 1.09 bits per heavy atom. The first-order valence-corrected chi connectivity index (χ1v) is 10.8. The van der Waals surface area contributed by atoms with Crippen LogP contribution in [0.15, 0.2) is 65.8 Å². The highest BCUT2D eigenvalue weighted by Gasteiger charge is 2.25. The molecule has 2 N–H and O–H groups in total. The molecular weight excluding hydrogens is 449 g/mol. The van der Waals surface area contributed by atoms with Crippen LogP contribution in [0.25, 0.3) is 22.0 Å². The van der Waals surface area contributed by atoms with Gasteiger partial charge in [0.25, 0.3) is 5.91 Å². The fraction of sp³-hybridized carbons (Fsp3) is 0.125. The molecule has 1 amide bonds. The molecule has 160 valence electrons. The van der Waals surface area contributed by atoms with E-state index in [1.54, 1.807) is 24.4 Å². The Morgan fingerprint density at radius 3 is 2.81 bits per heavy atom. The molecule has 5 rings (SSSR count). The van der Waals surface area contributed by atoms with Gasteiger partial charge in [-0.05, 0) is 12.1 Å². The maximum Gasteiger partial charge on any atom is 0.257 e. The number of hydrogen-bond acceptors (Lipinski definition) is 4. The lowest BCUT2D eigenvalue weighted by molar-refractivity contribution is 0.0923. The molecule has 1 aliphatic heterocycles. The molecule has 0 unspecified atom stereocenters. The van der Waals surface area contributed by atoms with Crippen LogP contribution >= 0.6 is 23.2 Å². The average Bonchev–Trinajstić information content (AvgIpc) is 2.81. The molecule has 0 saturated carbocycles. The van der Waals surface area contributed by atoms with E-state index in [2.05, 4.69) is 15.3 Å². The predicted octanol–water partition coefficient (Wildman–Crippen LogP) is 5.15. The number of ether oxygens (including phenoxy) is 1. The summed E-state index contributed by atoms with van der Waals surface area (Å²) in [5.74, 6) is 0.282. The van der Waals surface area contributed by atoms with E-state index < -0.39 is 11.3 Å². The molecule has 0 bridgehead atoms. The van der Waals surface area contributed by atoms with Crippen LogP contribution in [0.2, 0.25) is 10.0 Å². The zero-order valence-corrected chi connectivity index (χ0v) is 18.2. The average molecular weight is 466 g/mol. The lowest BCUT2D eigenvalue weighted by atomic mass is 10.00. The number of carbonyl (C=O) groups excluding carboxylic acids is 1. The summed E-state index contributed by atoms with van der Waals surface area (Å²) in [6.07, 6.45) is 5.09. The number of nitrogens with zero attached hydrogens (tertiary/aromatic N) is 1. The van der Waals surface area contributed by atoms with Gasteiger partial charge in [-0.2, -0.15) is 0 Å². The van der Waals surface area contributed by atoms with Crippen LogP contribution < -0.4 is 15.5 Å². The normalized spacial score (nSPS) is 15.1. The van der Waals surface area contributed by atoms with Gasteiger partial charge in [0.2, 0.25) is 5.43 Å². The highest BCUT2D eigenvalue weighted by atomic mass is 35.5. The van der Waals surface area contributed by atoms with E-state index in [0.29, 0.717) is 45.1 Å². The van der Waals surface area contributed by atoms with Gasteiger partial charge in [-0.15, -0.1) is 0 Å². The van der Waals surface area contributed by atoms with Crippen molar-refractivity contribution in [3.05, 3.63) is 92.5 Å². The van der Waals surface area contributed by atoms with Crippen molar-refractivity contribution >= 4 is 40.0 Å². The summed E-state index contributed by atoms with van der Waals surface area (Å²) in [6.45, 7) is 0.490. The van der Waals surface area contributed by atoms with E-state index in [1.165, 1.54) is 12.4 Å². The van der Waals surface area contributed by atoms with E-state index in [4.69, 9.17) is 27.9 Å². The molecule has 2 aromatic carbocycles. The summed E-state index contributed by atoms with van der Waals surface area (Å²) in [5.41, 5.74) is 2.29. The standard InChI is InChI=1S/C24H17Cl2N3O3/c25-18-6-3-5-13(21(18)26)15-10-27-11-16-22(15)28-12-17(23(16)30)24(31)29-19-8-9-32-20-7-2-1-4-14(19)20/h1-7,10-12,19H,8-9H2,(H,28,30)(H,29,31)/t19-/m0/s1. The molecule has 0 saturated heterocycles. The van der Waals surface area contributed by atoms with Crippen LogP contribution in [-0.4, -0.2) is 22.5 Å². The molecular formula is C24H17Cl2N3O3. The second-order valence-electron chi connectivity index (χ2n) is 7.44. The molecule has 2 aromatic heterocycles. The molecule has 4 aromatic rings. The molecule has 3 heterocycles. The van der Waals surface area contributed by atoms with Crippen molar-refractivity contribution in [3.8, 4) is 16.9 Å². The van der Waals surface area contributed by atoms with E-state index in [0.717, 1.165) is 11.3 Å². The zero-order valence-electron chi connectivity index (χ0n) is 16.7. The highest BCUT2D eigenvalue weighted by Crippen LogP contribution is 2.35. The van der Waals surface area contributed by atoms with E-state index in [-0.39, 0.29) is 11.6 Å². The molecule has 0 spiro atoms. The number of rotatable bonds is 3. The van der Waals surface area contributed by atoms with E-state index >= 15 is 0 Å². The summed E-state index contributed by atoms with van der Waals surface area (Å²) < 4.78 is 5.65. The van der Waals surface area contributed by atoms with E-state index in [9.17, 15) is 9.59 Å². The molecule has 1 atom stereocenters. The number of aromatic amines is 1. The third-order valence-corrected chi connectivity index (χ3v) is 6.37. The zero-order chi connectivity index (χ0) is 22.2. The van der Waals surface area contributed by atoms with Crippen molar-refractivity contribution in [1.29, 1.82) is 0 Å². The molecule has 0 aliphatic carbocycles. The van der Waals surface area contributed by atoms with Crippen LogP contribution in [0, 0.1) is 0 Å². The third kappa shape index (κ3) is 3.51. The minimum absolute atomic E-state index is 0.0117. The van der Waals surface area contributed by atoms with Gasteiger partial charge in [0.1, 0.15) is 11.3 Å². The van der Waals surface area contributed by atoms with Gasteiger partial charge in [-0.3, -0.25) is 14.6 Å². The number of H-pyrrole nitrogens is 1. The van der Waals surface area contributed by atoms with Crippen LogP contribution in [0.5, 0.6) is 5.75 Å². The molecule has 0 radical (unpaired) electrons. The first kappa shape index (κ1) is 20.5. The lowest BCUT2D eigenvalue weighted by Crippen LogP contribution is -2.34. The molecule has 1 aliphatic rings. The lowest BCUT2D eigenvalue weighted by Gasteiger charge is -2.26. The van der Waals surface area contributed by atoms with Crippen molar-refractivity contribution in [1.82, 2.24) is 15.3 Å². The summed E-state index contributed by atoms with van der Waals surface area (Å²) >= 11 is 12.5. The molecule has 0 fully saturated rings. The van der Waals surface area contributed by atoms with Gasteiger partial charge in [-0.25, -0.2) is 0 Å². The first-order valence-electron chi connectivity index (χ1n) is 10.0. The van der Waals surface area contributed by atoms with Crippen molar-refractivity contribution in [3.63, 3.8) is 0 Å². The quantitative estimate of drug-likeness (QED) is 0.438. The Bertz CT molecular complexity index is 1420. The highest BCUT2D eigenvalue weighted by molar-refractivity contribution is 6.43. The Balaban J connectivity index is 1.53. The maximum atomic E-state index is 13.2. The second kappa shape index (κ2) is 8.30. The van der Waals surface area contributed by atoms with Crippen LogP contribution in [0.4, 0.5) is 0 Å². The summed E-state index contributed by atoms with van der Waals surface area (Å²) in [4.78, 5) is 33.5. The van der Waals surface area contributed by atoms with Crippen molar-refractivity contribution in [2.24, 2.45) is 0 Å². The van der Waals surface area contributed by atoms with Gasteiger partial charge in [0.05, 0.1) is 33.6 Å². The van der Waals surface area contributed by atoms with Crippen molar-refractivity contribution < 1.29 is 9.53 Å². The number of carbonyl (C=O) groups is 1. The van der Waals surface area contributed by atoms with Crippen molar-refractivity contribution in [2.45, 2.75) is 12.5 Å². The van der Waals surface area contributed by atoms with E-state index in [1.807, 2.05) is 24.3 Å². The van der Waals surface area contributed by atoms with Gasteiger partial charge in [0.15, 0.2) is 0 Å². The fourth-order valence-electron chi connectivity index (χ4n) is 3.96. The molecule has 8 heteroatoms. The number of para-hydroxylation sites is 1. The minimum atomic E-state index is -0.457. The second-order valence-corrected chi connectivity index (χ2v) is 8.23. The largest absolute Gasteiger partial charge is 0.493 e. The summed E-state index contributed by atoms with van der Waals surface area (Å²) in [6, 6.07) is 12.6. The summed E-state index contributed by atoms with van der Waals surface area (Å²) in [7, 11) is 0. The fourth-order valence-corrected chi connectivity index (χ4v) is 4.36. The van der Waals surface area contributed by atoms with Crippen LogP contribution in [0.1, 0.15) is 28.4 Å². The number of fused-ring (bicyclic) bond motifs is 2. The third-order valence-electron chi connectivity index (χ3n) is 5.55. The monoisotopic (exact) mass is 465 g/mol. The minimum Gasteiger partial charge on any atom is -0.493 e. The Morgan fingerprint density at radius 2 is 1.94 bits per heavy atom. The Labute approximate surface area is 193 Å². The number of nitrogens with one attached hydrogen (secondary N) is 2. The Kier molecular flexibility index (Phi) is 5.33. The number of aromatic nitrogens is 2. The number of hydrogen-bond donors (Lipinski definition) is 2. The predicted molar refractivity (Wildman–Crippen MR) is 125 cm³/mol. The number of halogens is 2. The number of pyridine rings is 2.